The summed E-state index contributed by atoms with van der Waals surface area (Å²) < 4.78 is 0. The van der Waals surface area contributed by atoms with E-state index in [1.54, 1.807) is 11.3 Å². The quantitative estimate of drug-likeness (QED) is 0.917. The summed E-state index contributed by atoms with van der Waals surface area (Å²) in [5.74, 6) is 0.226. The van der Waals surface area contributed by atoms with Crippen LogP contribution in [0.25, 0.3) is 0 Å². The number of piperidine rings is 1. The lowest BCUT2D eigenvalue weighted by molar-refractivity contribution is -0.122. The van der Waals surface area contributed by atoms with Gasteiger partial charge < -0.3 is 5.32 Å². The van der Waals surface area contributed by atoms with Gasteiger partial charge in [-0.15, -0.1) is 0 Å². The van der Waals surface area contributed by atoms with Crippen LogP contribution < -0.4 is 5.32 Å². The summed E-state index contributed by atoms with van der Waals surface area (Å²) in [6.07, 6.45) is 6.54. The highest BCUT2D eigenvalue weighted by molar-refractivity contribution is 7.07. The van der Waals surface area contributed by atoms with Crippen LogP contribution in [0.15, 0.2) is 16.8 Å². The van der Waals surface area contributed by atoms with E-state index in [0.717, 1.165) is 12.8 Å². The largest absolute Gasteiger partial charge is 0.352 e. The Morgan fingerprint density at radius 2 is 2.32 bits per heavy atom. The third-order valence-corrected chi connectivity index (χ3v) is 5.16. The molecule has 2 atom stereocenters. The van der Waals surface area contributed by atoms with Crippen molar-refractivity contribution in [2.75, 3.05) is 13.1 Å². The normalized spacial score (nSPS) is 27.2. The molecule has 104 valence electrons. The van der Waals surface area contributed by atoms with Crippen molar-refractivity contribution in [3.05, 3.63) is 22.4 Å². The topological polar surface area (TPSA) is 32.3 Å². The fraction of sp³-hybridized carbons (Fsp3) is 0.667. The zero-order chi connectivity index (χ0) is 13.1. The van der Waals surface area contributed by atoms with Gasteiger partial charge in [0.25, 0.3) is 0 Å². The van der Waals surface area contributed by atoms with Crippen molar-refractivity contribution in [1.29, 1.82) is 0 Å². The molecule has 3 heterocycles. The molecule has 0 aromatic carbocycles. The molecule has 3 nitrogen and oxygen atoms in total. The first kappa shape index (κ1) is 13.1. The Morgan fingerprint density at radius 3 is 3.16 bits per heavy atom. The van der Waals surface area contributed by atoms with E-state index in [-0.39, 0.29) is 5.91 Å². The maximum absolute atomic E-state index is 12.0. The number of rotatable bonds is 4. The zero-order valence-electron chi connectivity index (χ0n) is 11.3. The van der Waals surface area contributed by atoms with Crippen molar-refractivity contribution in [2.24, 2.45) is 0 Å². The summed E-state index contributed by atoms with van der Waals surface area (Å²) in [6.45, 7) is 2.39. The lowest BCUT2D eigenvalue weighted by atomic mass is 9.99. The van der Waals surface area contributed by atoms with Crippen LogP contribution in [0.2, 0.25) is 0 Å². The molecule has 3 rings (SSSR count). The minimum absolute atomic E-state index is 0.226. The predicted molar refractivity (Wildman–Crippen MR) is 78.4 cm³/mol. The second-order valence-corrected chi connectivity index (χ2v) is 6.47. The molecule has 4 heteroatoms. The smallest absolute Gasteiger partial charge is 0.220 e. The summed E-state index contributed by atoms with van der Waals surface area (Å²) in [5.41, 5.74) is 1.28. The fourth-order valence-electron chi connectivity index (χ4n) is 3.39. The molecule has 0 radical (unpaired) electrons. The number of nitrogens with zero attached hydrogens (tertiary/aromatic N) is 1. The molecule has 1 aromatic heterocycles. The van der Waals surface area contributed by atoms with Gasteiger partial charge >= 0.3 is 0 Å². The van der Waals surface area contributed by atoms with Crippen molar-refractivity contribution in [3.63, 3.8) is 0 Å². The van der Waals surface area contributed by atoms with Gasteiger partial charge in [-0.05, 0) is 54.6 Å². The van der Waals surface area contributed by atoms with Crippen LogP contribution in [0.5, 0.6) is 0 Å². The summed E-state index contributed by atoms with van der Waals surface area (Å²) in [4.78, 5) is 14.6. The van der Waals surface area contributed by atoms with Gasteiger partial charge in [-0.3, -0.25) is 9.69 Å². The minimum Gasteiger partial charge on any atom is -0.352 e. The van der Waals surface area contributed by atoms with Crippen molar-refractivity contribution in [1.82, 2.24) is 10.2 Å². The van der Waals surface area contributed by atoms with Gasteiger partial charge in [0.15, 0.2) is 0 Å². The number of carbonyl (C=O) groups excluding carboxylic acids is 1. The van der Waals surface area contributed by atoms with E-state index in [1.165, 1.54) is 37.9 Å². The van der Waals surface area contributed by atoms with Crippen molar-refractivity contribution >= 4 is 17.2 Å². The Labute approximate surface area is 119 Å². The van der Waals surface area contributed by atoms with Gasteiger partial charge in [0.05, 0.1) is 0 Å². The van der Waals surface area contributed by atoms with E-state index < -0.39 is 0 Å². The number of hydrogen-bond acceptors (Lipinski definition) is 3. The number of fused-ring (bicyclic) bond motifs is 1. The van der Waals surface area contributed by atoms with Crippen LogP contribution in [-0.4, -0.2) is 36.0 Å². The van der Waals surface area contributed by atoms with Gasteiger partial charge in [0.1, 0.15) is 0 Å². The number of hydrogen-bond donors (Lipinski definition) is 1. The Morgan fingerprint density at radius 1 is 1.37 bits per heavy atom. The van der Waals surface area contributed by atoms with Crippen molar-refractivity contribution < 1.29 is 4.79 Å². The van der Waals surface area contributed by atoms with Gasteiger partial charge in [-0.25, -0.2) is 0 Å². The minimum atomic E-state index is 0.226. The van der Waals surface area contributed by atoms with Crippen LogP contribution in [0.1, 0.15) is 37.7 Å². The number of thiophene rings is 1. The van der Waals surface area contributed by atoms with E-state index in [1.807, 2.05) is 0 Å². The first-order valence-electron chi connectivity index (χ1n) is 7.37. The molecule has 2 aliphatic rings. The summed E-state index contributed by atoms with van der Waals surface area (Å²) >= 11 is 1.70. The Bertz CT molecular complexity index is 418. The number of carbonyl (C=O) groups is 1. The number of nitrogens with one attached hydrogen (secondary N) is 1. The molecule has 2 fully saturated rings. The highest BCUT2D eigenvalue weighted by Crippen LogP contribution is 2.27. The third-order valence-electron chi connectivity index (χ3n) is 4.42. The molecule has 1 aromatic rings. The molecule has 0 spiro atoms. The second kappa shape index (κ2) is 6.06. The Balaban J connectivity index is 1.47. The van der Waals surface area contributed by atoms with Crippen LogP contribution in [0.3, 0.4) is 0 Å². The molecule has 1 amide bonds. The van der Waals surface area contributed by atoms with Crippen LogP contribution in [-0.2, 0) is 11.2 Å². The molecule has 0 bridgehead atoms. The van der Waals surface area contributed by atoms with E-state index in [0.29, 0.717) is 18.5 Å². The molecule has 1 N–H and O–H groups in total. The predicted octanol–water partition coefficient (Wildman–Crippen LogP) is 2.42. The Hall–Kier alpha value is -0.870. The maximum Gasteiger partial charge on any atom is 0.220 e. The average molecular weight is 278 g/mol. The Kier molecular flexibility index (Phi) is 4.18. The van der Waals surface area contributed by atoms with Crippen LogP contribution in [0, 0.1) is 0 Å². The highest BCUT2D eigenvalue weighted by atomic mass is 32.1. The summed E-state index contributed by atoms with van der Waals surface area (Å²) in [5, 5.41) is 7.47. The van der Waals surface area contributed by atoms with E-state index in [2.05, 4.69) is 27.0 Å². The van der Waals surface area contributed by atoms with Gasteiger partial charge in [-0.1, -0.05) is 6.42 Å². The molecular weight excluding hydrogens is 256 g/mol. The van der Waals surface area contributed by atoms with Crippen molar-refractivity contribution in [2.45, 2.75) is 50.6 Å². The molecule has 0 saturated carbocycles. The molecule has 2 aliphatic heterocycles. The monoisotopic (exact) mass is 278 g/mol. The van der Waals surface area contributed by atoms with E-state index in [9.17, 15) is 4.79 Å². The molecule has 2 saturated heterocycles. The third kappa shape index (κ3) is 3.18. The molecule has 0 unspecified atom stereocenters. The maximum atomic E-state index is 12.0. The number of amides is 1. The van der Waals surface area contributed by atoms with Gasteiger partial charge in [0, 0.05) is 25.0 Å². The summed E-state index contributed by atoms with van der Waals surface area (Å²) in [7, 11) is 0. The lowest BCUT2D eigenvalue weighted by Crippen LogP contribution is -2.46. The van der Waals surface area contributed by atoms with E-state index >= 15 is 0 Å². The lowest BCUT2D eigenvalue weighted by Gasteiger charge is -2.32. The van der Waals surface area contributed by atoms with Gasteiger partial charge in [0.2, 0.25) is 5.91 Å². The van der Waals surface area contributed by atoms with Gasteiger partial charge in [-0.2, -0.15) is 11.3 Å². The van der Waals surface area contributed by atoms with Crippen LogP contribution >= 0.6 is 11.3 Å². The fourth-order valence-corrected chi connectivity index (χ4v) is 4.09. The first-order valence-corrected chi connectivity index (χ1v) is 8.32. The summed E-state index contributed by atoms with van der Waals surface area (Å²) in [6, 6.07) is 3.12. The average Bonchev–Trinajstić information content (AvgIpc) is 3.07. The van der Waals surface area contributed by atoms with Crippen molar-refractivity contribution in [3.8, 4) is 0 Å². The van der Waals surface area contributed by atoms with E-state index in [4.69, 9.17) is 0 Å². The zero-order valence-corrected chi connectivity index (χ0v) is 12.1. The first-order chi connectivity index (χ1) is 9.33. The molecular formula is C15H22N2OS. The number of aryl methyl sites for hydroxylation is 1. The highest BCUT2D eigenvalue weighted by Gasteiger charge is 2.35. The SMILES string of the molecule is O=C(CCc1ccsc1)N[C@H]1CCN2CCCC[C@@H]12. The molecule has 19 heavy (non-hydrogen) atoms. The second-order valence-electron chi connectivity index (χ2n) is 5.69. The van der Waals surface area contributed by atoms with Crippen LogP contribution in [0.4, 0.5) is 0 Å². The standard InChI is InChI=1S/C15H22N2OS/c18-15(5-4-12-7-10-19-11-12)16-13-6-9-17-8-2-1-3-14(13)17/h7,10-11,13-14H,1-6,8-9H2,(H,16,18)/t13-,14-/m0/s1. The molecule has 0 aliphatic carbocycles.